The molecular weight excluding hydrogens is 451 g/mol. The molecule has 5 nitrogen and oxygen atoms in total. The fraction of sp³-hybridized carbons (Fsp3) is 0.160. The van der Waals surface area contributed by atoms with Gasteiger partial charge in [0.15, 0.2) is 5.78 Å². The lowest BCUT2D eigenvalue weighted by Crippen LogP contribution is -2.01. The average Bonchev–Trinajstić information content (AvgIpc) is 2.83. The zero-order valence-corrected chi connectivity index (χ0v) is 19.4. The first kappa shape index (κ1) is 23.5. The molecule has 0 unspecified atom stereocenters. The molecule has 0 atom stereocenters. The highest BCUT2D eigenvalue weighted by atomic mass is 35.5. The molecule has 0 aliphatic carbocycles. The first-order valence-electron chi connectivity index (χ1n) is 9.65. The van der Waals surface area contributed by atoms with E-state index in [1.807, 2.05) is 18.2 Å². The third-order valence-corrected chi connectivity index (χ3v) is 5.50. The van der Waals surface area contributed by atoms with Gasteiger partial charge in [-0.3, -0.25) is 4.79 Å². The number of allylic oxidation sites excluding steroid dienone is 1. The molecule has 0 aromatic heterocycles. The molecule has 3 aromatic carbocycles. The van der Waals surface area contributed by atoms with Crippen LogP contribution in [0.4, 0.5) is 0 Å². The van der Waals surface area contributed by atoms with Crippen molar-refractivity contribution in [2.45, 2.75) is 6.61 Å². The molecule has 0 saturated carbocycles. The summed E-state index contributed by atoms with van der Waals surface area (Å²) in [5, 5.41) is 0.765. The maximum atomic E-state index is 12.8. The number of halogens is 2. The Morgan fingerprint density at radius 3 is 2.34 bits per heavy atom. The van der Waals surface area contributed by atoms with Crippen LogP contribution >= 0.6 is 23.2 Å². The lowest BCUT2D eigenvalue weighted by molar-refractivity contribution is 0.104. The largest absolute Gasteiger partial charge is 0.497 e. The summed E-state index contributed by atoms with van der Waals surface area (Å²) in [7, 11) is 4.65. The van der Waals surface area contributed by atoms with Crippen LogP contribution in [-0.2, 0) is 6.61 Å². The van der Waals surface area contributed by atoms with Crippen LogP contribution < -0.4 is 18.9 Å². The fourth-order valence-corrected chi connectivity index (χ4v) is 3.38. The highest BCUT2D eigenvalue weighted by Crippen LogP contribution is 2.33. The van der Waals surface area contributed by atoms with Crippen LogP contribution in [0.3, 0.4) is 0 Å². The second-order valence-corrected chi connectivity index (χ2v) is 7.46. The zero-order chi connectivity index (χ0) is 23.1. The molecule has 166 valence electrons. The first-order valence-corrected chi connectivity index (χ1v) is 10.4. The van der Waals surface area contributed by atoms with E-state index in [2.05, 4.69) is 0 Å². The van der Waals surface area contributed by atoms with Crippen molar-refractivity contribution in [3.05, 3.63) is 87.4 Å². The maximum Gasteiger partial charge on any atom is 0.189 e. The smallest absolute Gasteiger partial charge is 0.189 e. The van der Waals surface area contributed by atoms with Crippen LogP contribution in [0.5, 0.6) is 23.0 Å². The Bertz CT molecular complexity index is 1140. The number of hydrogen-bond acceptors (Lipinski definition) is 5. The van der Waals surface area contributed by atoms with Gasteiger partial charge in [0.25, 0.3) is 0 Å². The van der Waals surface area contributed by atoms with E-state index in [4.69, 9.17) is 42.1 Å². The second-order valence-electron chi connectivity index (χ2n) is 6.68. The van der Waals surface area contributed by atoms with Gasteiger partial charge in [0.1, 0.15) is 34.6 Å². The number of benzene rings is 3. The van der Waals surface area contributed by atoms with Crippen molar-refractivity contribution in [1.29, 1.82) is 0 Å². The molecule has 0 saturated heterocycles. The molecule has 0 bridgehead atoms. The summed E-state index contributed by atoms with van der Waals surface area (Å²) in [5.41, 5.74) is 2.00. The highest BCUT2D eigenvalue weighted by Gasteiger charge is 2.12. The number of carbonyl (C=O) groups excluding carboxylic acids is 1. The quantitative estimate of drug-likeness (QED) is 0.263. The van der Waals surface area contributed by atoms with Crippen LogP contribution in [-0.4, -0.2) is 27.1 Å². The Balaban J connectivity index is 1.81. The molecule has 0 radical (unpaired) electrons. The summed E-state index contributed by atoms with van der Waals surface area (Å²) in [5.74, 6) is 1.97. The van der Waals surface area contributed by atoms with E-state index in [9.17, 15) is 4.79 Å². The Labute approximate surface area is 197 Å². The zero-order valence-electron chi connectivity index (χ0n) is 17.9. The maximum absolute atomic E-state index is 12.8. The van der Waals surface area contributed by atoms with Gasteiger partial charge in [0.2, 0.25) is 0 Å². The van der Waals surface area contributed by atoms with Gasteiger partial charge in [-0.25, -0.2) is 0 Å². The highest BCUT2D eigenvalue weighted by molar-refractivity contribution is 6.42. The molecule has 3 aromatic rings. The molecule has 0 aliphatic rings. The van der Waals surface area contributed by atoms with E-state index in [0.717, 1.165) is 11.1 Å². The third-order valence-electron chi connectivity index (χ3n) is 4.70. The van der Waals surface area contributed by atoms with Gasteiger partial charge in [-0.1, -0.05) is 41.4 Å². The SMILES string of the molecule is COc1ccc(OC)c(C(=O)/C=C/c2ccc(OC)c(COc3cccc(Cl)c3Cl)c2)c1. The normalized spacial score (nSPS) is 10.8. The van der Waals surface area contributed by atoms with Gasteiger partial charge < -0.3 is 18.9 Å². The Morgan fingerprint density at radius 1 is 0.875 bits per heavy atom. The van der Waals surface area contributed by atoms with Crippen LogP contribution in [0.1, 0.15) is 21.5 Å². The molecular formula is C25H22Cl2O5. The molecule has 32 heavy (non-hydrogen) atoms. The summed E-state index contributed by atoms with van der Waals surface area (Å²) >= 11 is 12.2. The number of hydrogen-bond donors (Lipinski definition) is 0. The number of carbonyl (C=O) groups is 1. The number of methoxy groups -OCH3 is 3. The minimum Gasteiger partial charge on any atom is -0.497 e. The first-order chi connectivity index (χ1) is 15.5. The van der Waals surface area contributed by atoms with Crippen molar-refractivity contribution < 1.29 is 23.7 Å². The van der Waals surface area contributed by atoms with Crippen molar-refractivity contribution in [3.63, 3.8) is 0 Å². The molecule has 3 rings (SSSR count). The summed E-state index contributed by atoms with van der Waals surface area (Å²) in [6.45, 7) is 0.211. The standard InChI is InChI=1S/C25H22Cl2O5/c1-29-18-9-12-23(31-3)19(14-18)21(28)10-7-16-8-11-22(30-2)17(13-16)15-32-24-6-4-5-20(26)25(24)27/h4-14H,15H2,1-3H3/b10-7+. The van der Waals surface area contributed by atoms with E-state index in [-0.39, 0.29) is 12.4 Å². The van der Waals surface area contributed by atoms with Gasteiger partial charge >= 0.3 is 0 Å². The van der Waals surface area contributed by atoms with Gasteiger partial charge in [0, 0.05) is 5.56 Å². The Morgan fingerprint density at radius 2 is 1.62 bits per heavy atom. The predicted molar refractivity (Wildman–Crippen MR) is 127 cm³/mol. The average molecular weight is 473 g/mol. The van der Waals surface area contributed by atoms with Crippen molar-refractivity contribution in [3.8, 4) is 23.0 Å². The summed E-state index contributed by atoms with van der Waals surface area (Å²) in [4.78, 5) is 12.8. The number of rotatable bonds is 9. The van der Waals surface area contributed by atoms with Crippen molar-refractivity contribution in [1.82, 2.24) is 0 Å². The van der Waals surface area contributed by atoms with E-state index in [1.54, 1.807) is 56.7 Å². The monoisotopic (exact) mass is 472 g/mol. The van der Waals surface area contributed by atoms with E-state index in [0.29, 0.717) is 38.6 Å². The predicted octanol–water partition coefficient (Wildman–Crippen LogP) is 6.49. The molecule has 0 amide bonds. The minimum atomic E-state index is -0.208. The lowest BCUT2D eigenvalue weighted by Gasteiger charge is -2.12. The molecule has 0 aliphatic heterocycles. The van der Waals surface area contributed by atoms with E-state index >= 15 is 0 Å². The van der Waals surface area contributed by atoms with Gasteiger partial charge in [-0.15, -0.1) is 0 Å². The third kappa shape index (κ3) is 5.55. The van der Waals surface area contributed by atoms with Crippen molar-refractivity contribution in [2.24, 2.45) is 0 Å². The summed E-state index contributed by atoms with van der Waals surface area (Å²) in [6, 6.07) is 15.8. The van der Waals surface area contributed by atoms with Crippen LogP contribution in [0, 0.1) is 0 Å². The van der Waals surface area contributed by atoms with E-state index in [1.165, 1.54) is 13.2 Å². The van der Waals surface area contributed by atoms with Gasteiger partial charge in [-0.05, 0) is 54.1 Å². The molecule has 0 heterocycles. The fourth-order valence-electron chi connectivity index (χ4n) is 3.03. The lowest BCUT2D eigenvalue weighted by atomic mass is 10.1. The molecule has 7 heteroatoms. The van der Waals surface area contributed by atoms with E-state index < -0.39 is 0 Å². The van der Waals surface area contributed by atoms with Crippen molar-refractivity contribution >= 4 is 35.1 Å². The number of ketones is 1. The Hall–Kier alpha value is -3.15. The molecule has 0 spiro atoms. The molecule has 0 fully saturated rings. The summed E-state index contributed by atoms with van der Waals surface area (Å²) < 4.78 is 21.8. The number of ether oxygens (including phenoxy) is 4. The van der Waals surface area contributed by atoms with Gasteiger partial charge in [0.05, 0.1) is 31.9 Å². The van der Waals surface area contributed by atoms with Crippen molar-refractivity contribution in [2.75, 3.05) is 21.3 Å². The van der Waals surface area contributed by atoms with Crippen LogP contribution in [0.25, 0.3) is 6.08 Å². The summed E-state index contributed by atoms with van der Waals surface area (Å²) in [6.07, 6.45) is 3.20. The second kappa shape index (κ2) is 10.9. The van der Waals surface area contributed by atoms with Crippen LogP contribution in [0.2, 0.25) is 10.0 Å². The van der Waals surface area contributed by atoms with Gasteiger partial charge in [-0.2, -0.15) is 0 Å². The van der Waals surface area contributed by atoms with Crippen LogP contribution in [0.15, 0.2) is 60.7 Å². The molecule has 0 N–H and O–H groups in total. The Kier molecular flexibility index (Phi) is 8.03. The topological polar surface area (TPSA) is 54.0 Å². The minimum absolute atomic E-state index is 0.208.